The van der Waals surface area contributed by atoms with E-state index in [-0.39, 0.29) is 17.3 Å². The third-order valence-electron chi connectivity index (χ3n) is 6.54. The number of fused-ring (bicyclic) bond motifs is 1. The number of alkyl halides is 2. The van der Waals surface area contributed by atoms with E-state index in [1.54, 1.807) is 24.4 Å². The van der Waals surface area contributed by atoms with Crippen molar-refractivity contribution in [2.75, 3.05) is 65.5 Å². The monoisotopic (exact) mass is 542 g/mol. The molecule has 0 radical (unpaired) electrons. The summed E-state index contributed by atoms with van der Waals surface area (Å²) in [6.07, 6.45) is 0.940. The molecule has 0 amide bonds. The lowest BCUT2D eigenvalue weighted by Gasteiger charge is -2.30. The van der Waals surface area contributed by atoms with E-state index in [0.29, 0.717) is 55.8 Å². The summed E-state index contributed by atoms with van der Waals surface area (Å²) >= 11 is 0. The van der Waals surface area contributed by atoms with E-state index in [4.69, 9.17) is 20.2 Å². The van der Waals surface area contributed by atoms with Crippen molar-refractivity contribution in [2.24, 2.45) is 10.7 Å². The fourth-order valence-corrected chi connectivity index (χ4v) is 4.41. The molecule has 2 aromatic heterocycles. The first-order valence-corrected chi connectivity index (χ1v) is 12.6. The molecule has 12 nitrogen and oxygen atoms in total. The Morgan fingerprint density at radius 1 is 1.15 bits per heavy atom. The molecular formula is C25H32F2N10O2. The van der Waals surface area contributed by atoms with Crippen LogP contribution in [-0.4, -0.2) is 96.2 Å². The molecule has 5 rings (SSSR count). The summed E-state index contributed by atoms with van der Waals surface area (Å²) in [5.41, 5.74) is 6.26. The zero-order valence-corrected chi connectivity index (χ0v) is 22.1. The number of likely N-dealkylation sites (N-methyl/N-ethyl adjacent to an activating group) is 1. The molecule has 1 unspecified atom stereocenters. The number of nitrogens with zero attached hydrogens (tertiary/aromatic N) is 8. The van der Waals surface area contributed by atoms with Crippen LogP contribution in [0.4, 0.5) is 14.7 Å². The lowest BCUT2D eigenvalue weighted by Crippen LogP contribution is -2.44. The topological polar surface area (TPSA) is 132 Å². The van der Waals surface area contributed by atoms with E-state index < -0.39 is 17.8 Å². The summed E-state index contributed by atoms with van der Waals surface area (Å²) in [6.45, 7) is 3.62. The van der Waals surface area contributed by atoms with Gasteiger partial charge in [-0.3, -0.25) is 4.57 Å². The zero-order valence-electron chi connectivity index (χ0n) is 22.1. The molecule has 2 aliphatic rings. The summed E-state index contributed by atoms with van der Waals surface area (Å²) in [4.78, 5) is 26.6. The van der Waals surface area contributed by atoms with E-state index in [1.807, 2.05) is 25.1 Å². The number of para-hydroxylation sites is 1. The highest BCUT2D eigenvalue weighted by Gasteiger charge is 2.34. The molecule has 0 aliphatic carbocycles. The molecule has 1 saturated heterocycles. The van der Waals surface area contributed by atoms with Gasteiger partial charge in [-0.25, -0.2) is 18.8 Å². The number of hydrogen-bond donors (Lipinski definition) is 2. The summed E-state index contributed by atoms with van der Waals surface area (Å²) in [6, 6.07) is 5.04. The Kier molecular flexibility index (Phi) is 7.68. The van der Waals surface area contributed by atoms with E-state index in [2.05, 4.69) is 30.2 Å². The highest BCUT2D eigenvalue weighted by Crippen LogP contribution is 2.33. The van der Waals surface area contributed by atoms with Crippen LogP contribution in [0.25, 0.3) is 17.0 Å². The van der Waals surface area contributed by atoms with Gasteiger partial charge in [0.25, 0.3) is 6.43 Å². The van der Waals surface area contributed by atoms with Gasteiger partial charge in [0.05, 0.1) is 25.8 Å². The van der Waals surface area contributed by atoms with Crippen LogP contribution in [-0.2, 0) is 10.3 Å². The summed E-state index contributed by atoms with van der Waals surface area (Å²) in [5, 5.41) is 3.27. The molecule has 0 bridgehead atoms. The summed E-state index contributed by atoms with van der Waals surface area (Å²) in [5.74, 6) is 1.09. The maximum atomic E-state index is 14.3. The first-order valence-electron chi connectivity index (χ1n) is 12.6. The lowest BCUT2D eigenvalue weighted by molar-refractivity contribution is 0.122. The van der Waals surface area contributed by atoms with Gasteiger partial charge in [0.15, 0.2) is 11.6 Å². The van der Waals surface area contributed by atoms with Gasteiger partial charge in [-0.1, -0.05) is 6.07 Å². The number of nitrogens with one attached hydrogen (secondary N) is 1. The first kappa shape index (κ1) is 26.8. The third-order valence-corrected chi connectivity index (χ3v) is 6.54. The highest BCUT2D eigenvalue weighted by molar-refractivity contribution is 5.84. The molecule has 0 spiro atoms. The maximum absolute atomic E-state index is 14.3. The number of benzene rings is 1. The normalized spacial score (nSPS) is 19.7. The molecule has 0 saturated carbocycles. The van der Waals surface area contributed by atoms with Gasteiger partial charge >= 0.3 is 0 Å². The number of anilines is 1. The maximum Gasteiger partial charge on any atom is 0.296 e. The van der Waals surface area contributed by atoms with Crippen molar-refractivity contribution in [2.45, 2.75) is 18.4 Å². The predicted molar refractivity (Wildman–Crippen MR) is 143 cm³/mol. The molecule has 39 heavy (non-hydrogen) atoms. The molecule has 1 atom stereocenters. The number of halogens is 2. The van der Waals surface area contributed by atoms with Gasteiger partial charge in [-0.2, -0.15) is 15.0 Å². The van der Waals surface area contributed by atoms with Crippen LogP contribution >= 0.6 is 0 Å². The third kappa shape index (κ3) is 5.53. The Balaban J connectivity index is 1.59. The van der Waals surface area contributed by atoms with Gasteiger partial charge in [-0.15, -0.1) is 0 Å². The SMILES string of the molecule is COc1cccc2c1nc(C(F)F)n2-c1nc(N2CCOCC2)nc(C2(N)C=NC(NCCN(C)C)=CC2)n1. The van der Waals surface area contributed by atoms with Crippen molar-refractivity contribution in [3.63, 3.8) is 0 Å². The zero-order chi connectivity index (χ0) is 27.6. The van der Waals surface area contributed by atoms with Crippen molar-refractivity contribution >= 4 is 23.2 Å². The molecular weight excluding hydrogens is 510 g/mol. The second kappa shape index (κ2) is 11.2. The molecule has 208 valence electrons. The molecule has 3 N–H and O–H groups in total. The fourth-order valence-electron chi connectivity index (χ4n) is 4.41. The lowest BCUT2D eigenvalue weighted by atomic mass is 9.95. The van der Waals surface area contributed by atoms with Crippen LogP contribution in [0.5, 0.6) is 5.75 Å². The first-order chi connectivity index (χ1) is 18.8. The number of hydrogen-bond acceptors (Lipinski definition) is 11. The Bertz CT molecular complexity index is 1390. The Labute approximate surface area is 224 Å². The number of aromatic nitrogens is 5. The van der Waals surface area contributed by atoms with E-state index in [1.165, 1.54) is 11.7 Å². The second-order valence-electron chi connectivity index (χ2n) is 9.61. The number of imidazole rings is 1. The van der Waals surface area contributed by atoms with Crippen LogP contribution in [0.1, 0.15) is 24.5 Å². The van der Waals surface area contributed by atoms with Gasteiger partial charge in [0, 0.05) is 32.4 Å². The minimum Gasteiger partial charge on any atom is -0.494 e. The second-order valence-corrected chi connectivity index (χ2v) is 9.61. The Hall–Kier alpha value is -3.75. The Morgan fingerprint density at radius 3 is 2.59 bits per heavy atom. The van der Waals surface area contributed by atoms with Crippen LogP contribution in [0, 0.1) is 0 Å². The van der Waals surface area contributed by atoms with Crippen molar-refractivity contribution < 1.29 is 18.3 Å². The van der Waals surface area contributed by atoms with Crippen molar-refractivity contribution in [1.82, 2.24) is 34.7 Å². The van der Waals surface area contributed by atoms with Crippen molar-refractivity contribution in [3.8, 4) is 11.7 Å². The molecule has 1 fully saturated rings. The number of morpholine rings is 1. The van der Waals surface area contributed by atoms with Crippen molar-refractivity contribution in [3.05, 3.63) is 41.7 Å². The molecule has 14 heteroatoms. The van der Waals surface area contributed by atoms with E-state index >= 15 is 0 Å². The fraction of sp³-hybridized carbons (Fsp3) is 0.480. The van der Waals surface area contributed by atoms with E-state index in [0.717, 1.165) is 13.1 Å². The number of ether oxygens (including phenoxy) is 2. The average Bonchev–Trinajstić information content (AvgIpc) is 3.35. The highest BCUT2D eigenvalue weighted by atomic mass is 19.3. The summed E-state index contributed by atoms with van der Waals surface area (Å²) in [7, 11) is 5.45. The van der Waals surface area contributed by atoms with Crippen LogP contribution in [0.2, 0.25) is 0 Å². The predicted octanol–water partition coefficient (Wildman–Crippen LogP) is 1.61. The molecule has 4 heterocycles. The van der Waals surface area contributed by atoms with Gasteiger partial charge in [0.1, 0.15) is 22.6 Å². The van der Waals surface area contributed by atoms with Crippen molar-refractivity contribution in [1.29, 1.82) is 0 Å². The van der Waals surface area contributed by atoms with E-state index in [9.17, 15) is 8.78 Å². The molecule has 2 aliphatic heterocycles. The van der Waals surface area contributed by atoms with Crippen LogP contribution < -0.4 is 20.7 Å². The molecule has 1 aromatic carbocycles. The average molecular weight is 543 g/mol. The molecule has 3 aromatic rings. The minimum absolute atomic E-state index is 0.00958. The standard InChI is InChI=1S/C25H32F2N10O2/c1-35(2)10-9-29-18-7-8-25(28,15-30-18)22-32-23(36-11-13-39-14-12-36)34-24(33-22)37-16-5-4-6-17(38-3)19(16)31-21(37)20(26)27/h4-7,15,20,29H,8-14,28H2,1-3H3. The Morgan fingerprint density at radius 2 is 1.92 bits per heavy atom. The van der Waals surface area contributed by atoms with Gasteiger partial charge in [-0.05, 0) is 38.7 Å². The number of aliphatic imine (C=N–C) groups is 1. The smallest absolute Gasteiger partial charge is 0.296 e. The van der Waals surface area contributed by atoms with Crippen LogP contribution in [0.3, 0.4) is 0 Å². The minimum atomic E-state index is -2.89. The number of rotatable bonds is 9. The van der Waals surface area contributed by atoms with Crippen LogP contribution in [0.15, 0.2) is 35.1 Å². The number of methoxy groups -OCH3 is 1. The largest absolute Gasteiger partial charge is 0.494 e. The quantitative estimate of drug-likeness (QED) is 0.411. The van der Waals surface area contributed by atoms with Gasteiger partial charge < -0.3 is 30.3 Å². The number of nitrogens with two attached hydrogens (primary N) is 1. The summed E-state index contributed by atoms with van der Waals surface area (Å²) < 4.78 is 40.7. The van der Waals surface area contributed by atoms with Gasteiger partial charge in [0.2, 0.25) is 11.9 Å².